The topological polar surface area (TPSA) is 78.5 Å². The van der Waals surface area contributed by atoms with E-state index in [1.807, 2.05) is 32.9 Å². The zero-order valence-electron chi connectivity index (χ0n) is 14.2. The summed E-state index contributed by atoms with van der Waals surface area (Å²) in [4.78, 5) is 36.6. The zero-order chi connectivity index (χ0) is 17.4. The van der Waals surface area contributed by atoms with Crippen LogP contribution in [-0.4, -0.2) is 36.2 Å². The minimum atomic E-state index is -0.621. The number of rotatable bonds is 6. The Morgan fingerprint density at radius 2 is 2.09 bits per heavy atom. The van der Waals surface area contributed by atoms with Crippen molar-refractivity contribution in [2.24, 2.45) is 0 Å². The molecular weight excluding hydrogens is 294 g/mol. The standard InChI is InChI=1S/C15H19N3O3.C2H6/c1-3-5-13(14(20)17-9-19)18-8-11-10(15(18)21)6-4-7-12(11)16-2;1-2/h4,6-7,9,13,16H,3,5,8H2,1-2H3,(H,17,19,20);1-2H3. The highest BCUT2D eigenvalue weighted by Gasteiger charge is 2.36. The van der Waals surface area contributed by atoms with Gasteiger partial charge in [0.15, 0.2) is 0 Å². The van der Waals surface area contributed by atoms with E-state index in [9.17, 15) is 14.4 Å². The van der Waals surface area contributed by atoms with Crippen LogP contribution in [0.4, 0.5) is 5.69 Å². The molecule has 0 aromatic heterocycles. The maximum atomic E-state index is 12.5. The van der Waals surface area contributed by atoms with Gasteiger partial charge in [0.25, 0.3) is 5.91 Å². The highest BCUT2D eigenvalue weighted by atomic mass is 16.2. The second kappa shape index (κ2) is 8.92. The minimum absolute atomic E-state index is 0.165. The van der Waals surface area contributed by atoms with Gasteiger partial charge in [-0.3, -0.25) is 19.7 Å². The summed E-state index contributed by atoms with van der Waals surface area (Å²) in [5.74, 6) is -0.597. The molecule has 1 aliphatic rings. The molecule has 1 aliphatic heterocycles. The first-order chi connectivity index (χ1) is 11.1. The van der Waals surface area contributed by atoms with E-state index in [1.54, 1.807) is 13.1 Å². The number of carbonyl (C=O) groups excluding carboxylic acids is 3. The molecule has 3 amide bonds. The van der Waals surface area contributed by atoms with E-state index >= 15 is 0 Å². The lowest BCUT2D eigenvalue weighted by Gasteiger charge is -2.25. The van der Waals surface area contributed by atoms with Crippen molar-refractivity contribution in [2.75, 3.05) is 12.4 Å². The number of amides is 3. The van der Waals surface area contributed by atoms with Crippen LogP contribution in [0.25, 0.3) is 0 Å². The van der Waals surface area contributed by atoms with Crippen molar-refractivity contribution in [3.8, 4) is 0 Å². The smallest absolute Gasteiger partial charge is 0.255 e. The third kappa shape index (κ3) is 3.88. The number of hydrogen-bond acceptors (Lipinski definition) is 4. The molecule has 1 heterocycles. The van der Waals surface area contributed by atoms with Crippen molar-refractivity contribution in [3.63, 3.8) is 0 Å². The fourth-order valence-electron chi connectivity index (χ4n) is 2.70. The fraction of sp³-hybridized carbons (Fsp3) is 0.471. The highest BCUT2D eigenvalue weighted by Crippen LogP contribution is 2.31. The molecule has 1 atom stereocenters. The molecule has 23 heavy (non-hydrogen) atoms. The van der Waals surface area contributed by atoms with Crippen molar-refractivity contribution in [2.45, 2.75) is 46.2 Å². The lowest BCUT2D eigenvalue weighted by Crippen LogP contribution is -2.46. The summed E-state index contributed by atoms with van der Waals surface area (Å²) in [6, 6.07) is 4.85. The van der Waals surface area contributed by atoms with Crippen molar-refractivity contribution in [1.29, 1.82) is 0 Å². The van der Waals surface area contributed by atoms with Crippen LogP contribution in [0.1, 0.15) is 49.5 Å². The molecule has 0 saturated carbocycles. The summed E-state index contributed by atoms with van der Waals surface area (Å²) in [5, 5.41) is 5.21. The monoisotopic (exact) mass is 319 g/mol. The first kappa shape index (κ1) is 18.7. The lowest BCUT2D eigenvalue weighted by molar-refractivity contribution is -0.129. The van der Waals surface area contributed by atoms with Gasteiger partial charge in [-0.05, 0) is 18.6 Å². The van der Waals surface area contributed by atoms with Crippen LogP contribution >= 0.6 is 0 Å². The first-order valence-corrected chi connectivity index (χ1v) is 7.98. The van der Waals surface area contributed by atoms with Gasteiger partial charge in [0.05, 0.1) is 0 Å². The molecule has 2 rings (SSSR count). The maximum Gasteiger partial charge on any atom is 0.255 e. The van der Waals surface area contributed by atoms with Crippen LogP contribution < -0.4 is 10.6 Å². The molecule has 6 nitrogen and oxygen atoms in total. The van der Waals surface area contributed by atoms with Gasteiger partial charge in [-0.2, -0.15) is 0 Å². The number of imide groups is 1. The Bertz CT molecular complexity index is 572. The normalized spacial score (nSPS) is 13.6. The molecule has 0 fully saturated rings. The molecular formula is C17H25N3O3. The second-order valence-electron chi connectivity index (χ2n) is 4.95. The molecule has 1 aromatic rings. The van der Waals surface area contributed by atoms with Gasteiger partial charge in [0.1, 0.15) is 6.04 Å². The van der Waals surface area contributed by atoms with Crippen molar-refractivity contribution >= 4 is 23.9 Å². The maximum absolute atomic E-state index is 12.5. The summed E-state index contributed by atoms with van der Waals surface area (Å²) in [5.41, 5.74) is 2.39. The number of nitrogens with zero attached hydrogens (tertiary/aromatic N) is 1. The SMILES string of the molecule is CC.CCCC(C(=O)NC=O)N1Cc2c(NC)cccc2C1=O. The summed E-state index contributed by atoms with van der Waals surface area (Å²) in [6.45, 7) is 6.32. The first-order valence-electron chi connectivity index (χ1n) is 7.98. The Morgan fingerprint density at radius 1 is 1.39 bits per heavy atom. The van der Waals surface area contributed by atoms with Gasteiger partial charge >= 0.3 is 0 Å². The van der Waals surface area contributed by atoms with Crippen molar-refractivity contribution < 1.29 is 14.4 Å². The second-order valence-corrected chi connectivity index (χ2v) is 4.95. The molecule has 0 radical (unpaired) electrons. The van der Waals surface area contributed by atoms with Crippen molar-refractivity contribution in [1.82, 2.24) is 10.2 Å². The Hall–Kier alpha value is -2.37. The van der Waals surface area contributed by atoms with E-state index in [4.69, 9.17) is 0 Å². The van der Waals surface area contributed by atoms with Crippen LogP contribution in [0.3, 0.4) is 0 Å². The average molecular weight is 319 g/mol. The third-order valence-corrected chi connectivity index (χ3v) is 3.71. The van der Waals surface area contributed by atoms with Crippen LogP contribution in [0.15, 0.2) is 18.2 Å². The summed E-state index contributed by atoms with van der Waals surface area (Å²) in [7, 11) is 1.80. The van der Waals surface area contributed by atoms with Crippen LogP contribution in [0.2, 0.25) is 0 Å². The average Bonchev–Trinajstić information content (AvgIpc) is 2.91. The van der Waals surface area contributed by atoms with Crippen molar-refractivity contribution in [3.05, 3.63) is 29.3 Å². The molecule has 0 aliphatic carbocycles. The minimum Gasteiger partial charge on any atom is -0.388 e. The van der Waals surface area contributed by atoms with Crippen LogP contribution in [-0.2, 0) is 16.1 Å². The van der Waals surface area contributed by atoms with Crippen LogP contribution in [0, 0.1) is 0 Å². The molecule has 6 heteroatoms. The van der Waals surface area contributed by atoms with E-state index in [0.717, 1.165) is 17.7 Å². The zero-order valence-corrected chi connectivity index (χ0v) is 14.2. The summed E-state index contributed by atoms with van der Waals surface area (Å²) < 4.78 is 0. The van der Waals surface area contributed by atoms with Gasteiger partial charge < -0.3 is 10.2 Å². The highest BCUT2D eigenvalue weighted by molar-refractivity contribution is 6.03. The Labute approximate surface area is 137 Å². The lowest BCUT2D eigenvalue weighted by atomic mass is 10.1. The number of nitrogens with one attached hydrogen (secondary N) is 2. The van der Waals surface area contributed by atoms with Crippen LogP contribution in [0.5, 0.6) is 0 Å². The van der Waals surface area contributed by atoms with Gasteiger partial charge in [0.2, 0.25) is 12.3 Å². The van der Waals surface area contributed by atoms with Gasteiger partial charge in [-0.15, -0.1) is 0 Å². The third-order valence-electron chi connectivity index (χ3n) is 3.71. The van der Waals surface area contributed by atoms with Gasteiger partial charge in [-0.25, -0.2) is 0 Å². The Morgan fingerprint density at radius 3 is 2.65 bits per heavy atom. The number of fused-ring (bicyclic) bond motifs is 1. The van der Waals surface area contributed by atoms with E-state index in [-0.39, 0.29) is 5.91 Å². The molecule has 126 valence electrons. The summed E-state index contributed by atoms with van der Waals surface area (Å²) in [6.07, 6.45) is 1.63. The Kier molecular flexibility index (Phi) is 7.25. The van der Waals surface area contributed by atoms with Gasteiger partial charge in [0, 0.05) is 30.4 Å². The fourth-order valence-corrected chi connectivity index (χ4v) is 2.70. The Balaban J connectivity index is 0.00000127. The molecule has 1 unspecified atom stereocenters. The molecule has 0 bridgehead atoms. The molecule has 1 aromatic carbocycles. The number of benzene rings is 1. The molecule has 2 N–H and O–H groups in total. The molecule has 0 saturated heterocycles. The molecule has 0 spiro atoms. The number of carbonyl (C=O) groups is 3. The quantitative estimate of drug-likeness (QED) is 0.788. The number of hydrogen-bond donors (Lipinski definition) is 2. The van der Waals surface area contributed by atoms with E-state index < -0.39 is 11.9 Å². The van der Waals surface area contributed by atoms with E-state index in [2.05, 4.69) is 10.6 Å². The van der Waals surface area contributed by atoms with E-state index in [0.29, 0.717) is 24.9 Å². The predicted octanol–water partition coefficient (Wildman–Crippen LogP) is 2.15. The number of anilines is 1. The largest absolute Gasteiger partial charge is 0.388 e. The van der Waals surface area contributed by atoms with Gasteiger partial charge in [-0.1, -0.05) is 33.3 Å². The summed E-state index contributed by atoms with van der Waals surface area (Å²) >= 11 is 0. The van der Waals surface area contributed by atoms with E-state index in [1.165, 1.54) is 4.90 Å². The predicted molar refractivity (Wildman–Crippen MR) is 90.1 cm³/mol.